The van der Waals surface area contributed by atoms with Crippen LogP contribution in [0.4, 0.5) is 0 Å². The number of aliphatic hydroxyl groups is 1. The molecule has 6 nitrogen and oxygen atoms in total. The van der Waals surface area contributed by atoms with E-state index in [2.05, 4.69) is 11.0 Å². The first-order valence-corrected chi connectivity index (χ1v) is 11.1. The van der Waals surface area contributed by atoms with Gasteiger partial charge >= 0.3 is 5.97 Å². The molecule has 0 saturated carbocycles. The number of methoxy groups -OCH3 is 1. The molecule has 0 amide bonds. The molecule has 1 saturated heterocycles. The molecule has 6 heteroatoms. The van der Waals surface area contributed by atoms with Crippen LogP contribution in [-0.4, -0.2) is 46.9 Å². The molecule has 2 aromatic carbocycles. The third-order valence-corrected chi connectivity index (χ3v) is 6.16. The molecule has 1 heterocycles. The van der Waals surface area contributed by atoms with Crippen molar-refractivity contribution in [2.24, 2.45) is 0 Å². The lowest BCUT2D eigenvalue weighted by atomic mass is 9.80. The van der Waals surface area contributed by atoms with Gasteiger partial charge in [-0.1, -0.05) is 48.6 Å². The van der Waals surface area contributed by atoms with Crippen molar-refractivity contribution in [1.29, 1.82) is 0 Å². The molecule has 33 heavy (non-hydrogen) atoms. The Kier molecular flexibility index (Phi) is 6.96. The van der Waals surface area contributed by atoms with Crippen LogP contribution >= 0.6 is 0 Å². The average molecular weight is 448 g/mol. The summed E-state index contributed by atoms with van der Waals surface area (Å²) in [6.07, 6.45) is 8.67. The van der Waals surface area contributed by atoms with Gasteiger partial charge in [0.25, 0.3) is 0 Å². The first-order chi connectivity index (χ1) is 16.0. The molecule has 1 aliphatic heterocycles. The number of benzene rings is 2. The zero-order valence-corrected chi connectivity index (χ0v) is 18.7. The van der Waals surface area contributed by atoms with E-state index in [0.29, 0.717) is 49.4 Å². The lowest BCUT2D eigenvalue weighted by Crippen LogP contribution is -2.46. The summed E-state index contributed by atoms with van der Waals surface area (Å²) >= 11 is 0. The number of likely N-dealkylation sites (tertiary alicyclic amines) is 1. The van der Waals surface area contributed by atoms with Gasteiger partial charge in [0.1, 0.15) is 5.75 Å². The Morgan fingerprint density at radius 3 is 2.58 bits per heavy atom. The number of carboxylic acids is 1. The SMILES string of the molecule is COc1ccccc1Oc1cccc(CN2CCC(O)(C3=CC=CCC=C3C(=O)O)CC2)c1. The molecule has 1 aliphatic carbocycles. The third kappa shape index (κ3) is 5.35. The number of ether oxygens (including phenoxy) is 2. The number of carbonyl (C=O) groups is 1. The highest BCUT2D eigenvalue weighted by molar-refractivity contribution is 5.92. The van der Waals surface area contributed by atoms with E-state index < -0.39 is 11.6 Å². The normalized spacial score (nSPS) is 18.1. The van der Waals surface area contributed by atoms with Crippen molar-refractivity contribution in [3.05, 3.63) is 89.5 Å². The monoisotopic (exact) mass is 447 g/mol. The van der Waals surface area contributed by atoms with E-state index in [1.165, 1.54) is 0 Å². The summed E-state index contributed by atoms with van der Waals surface area (Å²) in [4.78, 5) is 14.0. The van der Waals surface area contributed by atoms with Gasteiger partial charge in [0.05, 0.1) is 18.3 Å². The standard InChI is InChI=1S/C27H29NO5/c1-32-24-12-5-6-13-25(24)33-21-9-7-8-20(18-21)19-28-16-14-27(31,15-17-28)23-11-4-2-3-10-22(23)26(29)30/h2,4-13,18,31H,3,14-17,19H2,1H3,(H,29,30). The summed E-state index contributed by atoms with van der Waals surface area (Å²) in [5.74, 6) is 1.08. The highest BCUT2D eigenvalue weighted by Crippen LogP contribution is 2.36. The van der Waals surface area contributed by atoms with Gasteiger partial charge in [-0.05, 0) is 54.7 Å². The van der Waals surface area contributed by atoms with E-state index in [1.54, 1.807) is 19.3 Å². The Balaban J connectivity index is 1.41. The summed E-state index contributed by atoms with van der Waals surface area (Å²) in [5.41, 5.74) is 0.688. The van der Waals surface area contributed by atoms with Crippen molar-refractivity contribution < 1.29 is 24.5 Å². The van der Waals surface area contributed by atoms with E-state index in [9.17, 15) is 15.0 Å². The third-order valence-electron chi connectivity index (χ3n) is 6.16. The molecule has 2 N–H and O–H groups in total. The van der Waals surface area contributed by atoms with Crippen LogP contribution in [0.2, 0.25) is 0 Å². The molecule has 172 valence electrons. The van der Waals surface area contributed by atoms with Crippen LogP contribution in [0.1, 0.15) is 24.8 Å². The summed E-state index contributed by atoms with van der Waals surface area (Å²) in [6, 6.07) is 15.5. The highest BCUT2D eigenvalue weighted by atomic mass is 16.5. The van der Waals surface area contributed by atoms with Crippen LogP contribution in [0.5, 0.6) is 17.2 Å². The Bertz CT molecular complexity index is 1090. The Hall–Kier alpha value is -3.35. The second-order valence-electron chi connectivity index (χ2n) is 8.38. The minimum Gasteiger partial charge on any atom is -0.493 e. The van der Waals surface area contributed by atoms with Gasteiger partial charge in [0.15, 0.2) is 11.5 Å². The molecule has 1 fully saturated rings. The fraction of sp³-hybridized carbons (Fsp3) is 0.296. The fourth-order valence-corrected chi connectivity index (χ4v) is 4.38. The van der Waals surface area contributed by atoms with Gasteiger partial charge < -0.3 is 19.7 Å². The van der Waals surface area contributed by atoms with Gasteiger partial charge in [-0.25, -0.2) is 4.79 Å². The van der Waals surface area contributed by atoms with Crippen LogP contribution in [0.3, 0.4) is 0 Å². The number of piperidine rings is 1. The number of nitrogens with zero attached hydrogens (tertiary/aromatic N) is 1. The molecule has 0 spiro atoms. The van der Waals surface area contributed by atoms with Crippen LogP contribution in [-0.2, 0) is 11.3 Å². The zero-order valence-electron chi connectivity index (χ0n) is 18.7. The number of hydrogen-bond donors (Lipinski definition) is 2. The molecule has 2 aromatic rings. The van der Waals surface area contributed by atoms with Gasteiger partial charge in [-0.3, -0.25) is 4.90 Å². The number of rotatable bonds is 7. The maximum Gasteiger partial charge on any atom is 0.335 e. The second kappa shape index (κ2) is 10.1. The molecule has 0 radical (unpaired) electrons. The van der Waals surface area contributed by atoms with Gasteiger partial charge in [0, 0.05) is 19.6 Å². The van der Waals surface area contributed by atoms with Crippen LogP contribution < -0.4 is 9.47 Å². The largest absolute Gasteiger partial charge is 0.493 e. The van der Waals surface area contributed by atoms with Crippen molar-refractivity contribution in [2.75, 3.05) is 20.2 Å². The molecule has 0 unspecified atom stereocenters. The van der Waals surface area contributed by atoms with Gasteiger partial charge in [0.2, 0.25) is 0 Å². The van der Waals surface area contributed by atoms with E-state index in [0.717, 1.165) is 17.9 Å². The number of allylic oxidation sites excluding steroid dienone is 4. The molecular weight excluding hydrogens is 418 g/mol. The maximum atomic E-state index is 11.7. The van der Waals surface area contributed by atoms with Crippen molar-refractivity contribution in [3.63, 3.8) is 0 Å². The molecule has 0 bridgehead atoms. The van der Waals surface area contributed by atoms with Crippen molar-refractivity contribution in [2.45, 2.75) is 31.4 Å². The highest BCUT2D eigenvalue weighted by Gasteiger charge is 2.38. The quantitative estimate of drug-likeness (QED) is 0.640. The molecule has 2 aliphatic rings. The van der Waals surface area contributed by atoms with E-state index in [-0.39, 0.29) is 5.57 Å². The number of para-hydroxylation sites is 2. The number of aliphatic carboxylic acids is 1. The van der Waals surface area contributed by atoms with Crippen molar-refractivity contribution in [3.8, 4) is 17.2 Å². The van der Waals surface area contributed by atoms with Gasteiger partial charge in [-0.2, -0.15) is 0 Å². The molecular formula is C27H29NO5. The average Bonchev–Trinajstić information content (AvgIpc) is 3.08. The first kappa shape index (κ1) is 22.8. The van der Waals surface area contributed by atoms with Crippen LogP contribution in [0.25, 0.3) is 0 Å². The lowest BCUT2D eigenvalue weighted by Gasteiger charge is -2.40. The predicted octanol–water partition coefficient (Wildman–Crippen LogP) is 4.71. The van der Waals surface area contributed by atoms with Crippen LogP contribution in [0.15, 0.2) is 84.0 Å². The van der Waals surface area contributed by atoms with Crippen molar-refractivity contribution >= 4 is 5.97 Å². The second-order valence-corrected chi connectivity index (χ2v) is 8.38. The molecule has 0 aromatic heterocycles. The Labute approximate surface area is 194 Å². The number of carboxylic acid groups (broad SMARTS) is 1. The summed E-state index contributed by atoms with van der Waals surface area (Å²) < 4.78 is 11.4. The fourth-order valence-electron chi connectivity index (χ4n) is 4.38. The summed E-state index contributed by atoms with van der Waals surface area (Å²) in [5, 5.41) is 20.9. The summed E-state index contributed by atoms with van der Waals surface area (Å²) in [6.45, 7) is 2.06. The van der Waals surface area contributed by atoms with E-state index in [4.69, 9.17) is 9.47 Å². The van der Waals surface area contributed by atoms with Crippen molar-refractivity contribution in [1.82, 2.24) is 4.90 Å². The topological polar surface area (TPSA) is 79.2 Å². The van der Waals surface area contributed by atoms with E-state index >= 15 is 0 Å². The maximum absolute atomic E-state index is 11.7. The lowest BCUT2D eigenvalue weighted by molar-refractivity contribution is -0.132. The Morgan fingerprint density at radius 1 is 1.09 bits per heavy atom. The predicted molar refractivity (Wildman–Crippen MR) is 127 cm³/mol. The zero-order chi connectivity index (χ0) is 23.3. The van der Waals surface area contributed by atoms with Crippen LogP contribution in [0, 0.1) is 0 Å². The smallest absolute Gasteiger partial charge is 0.335 e. The first-order valence-electron chi connectivity index (χ1n) is 11.1. The minimum absolute atomic E-state index is 0.206. The Morgan fingerprint density at radius 2 is 1.85 bits per heavy atom. The molecule has 0 atom stereocenters. The summed E-state index contributed by atoms with van der Waals surface area (Å²) in [7, 11) is 1.62. The van der Waals surface area contributed by atoms with Gasteiger partial charge in [-0.15, -0.1) is 0 Å². The minimum atomic E-state index is -1.13. The van der Waals surface area contributed by atoms with E-state index in [1.807, 2.05) is 54.6 Å². The number of hydrogen-bond acceptors (Lipinski definition) is 5. The molecule has 4 rings (SSSR count).